The number of amides is 1. The number of hydrogen-bond donors (Lipinski definition) is 1. The molecule has 1 N–H and O–H groups in total. The molecule has 1 aromatic carbocycles. The van der Waals surface area contributed by atoms with Crippen molar-refractivity contribution in [3.05, 3.63) is 83.1 Å². The van der Waals surface area contributed by atoms with Gasteiger partial charge in [0.15, 0.2) is 5.82 Å². The summed E-state index contributed by atoms with van der Waals surface area (Å²) in [5, 5.41) is 4.93. The number of nitrogens with zero attached hydrogens (tertiary/aromatic N) is 4. The highest BCUT2D eigenvalue weighted by Crippen LogP contribution is 2.33. The molecule has 0 fully saturated rings. The quantitative estimate of drug-likeness (QED) is 0.335. The smallest absolute Gasteiger partial charge is 0.220 e. The maximum absolute atomic E-state index is 13.8. The van der Waals surface area contributed by atoms with Crippen LogP contribution in [0.5, 0.6) is 0 Å². The Hall–Kier alpha value is -3.39. The predicted octanol–water partition coefficient (Wildman–Crippen LogP) is 4.83. The van der Waals surface area contributed by atoms with Crippen LogP contribution in [-0.2, 0) is 11.3 Å². The van der Waals surface area contributed by atoms with Gasteiger partial charge in [0.2, 0.25) is 12.4 Å². The Balaban J connectivity index is 1.73. The predicted molar refractivity (Wildman–Crippen MR) is 113 cm³/mol. The van der Waals surface area contributed by atoms with Crippen LogP contribution in [0.25, 0.3) is 10.8 Å². The van der Waals surface area contributed by atoms with Crippen LogP contribution < -0.4 is 10.2 Å². The Labute approximate surface area is 174 Å². The fourth-order valence-electron chi connectivity index (χ4n) is 2.94. The summed E-state index contributed by atoms with van der Waals surface area (Å²) in [7, 11) is 0. The van der Waals surface area contributed by atoms with Gasteiger partial charge < -0.3 is 5.32 Å². The molecule has 0 aliphatic rings. The summed E-state index contributed by atoms with van der Waals surface area (Å²) >= 11 is 3.46. The molecule has 0 unspecified atom stereocenters. The van der Waals surface area contributed by atoms with Gasteiger partial charge in [-0.1, -0.05) is 24.3 Å². The van der Waals surface area contributed by atoms with E-state index in [9.17, 15) is 9.18 Å². The minimum absolute atomic E-state index is 0.236. The molecule has 0 radical (unpaired) electrons. The standard InChI is InChI=1S/C21H15BrFN5O/c22-20-16-4-2-1-3-15(16)11-19(27-20)28(13-29)17-5-6-18(23)26-21(17)25-12-14-7-9-24-10-8-14/h1-11,13H,12H2,(H,25,26). The Morgan fingerprint density at radius 2 is 1.86 bits per heavy atom. The molecule has 0 aliphatic carbocycles. The molecule has 144 valence electrons. The lowest BCUT2D eigenvalue weighted by Crippen LogP contribution is -2.18. The van der Waals surface area contributed by atoms with Gasteiger partial charge in [-0.15, -0.1) is 0 Å². The van der Waals surface area contributed by atoms with Crippen LogP contribution in [0.4, 0.5) is 21.7 Å². The van der Waals surface area contributed by atoms with Gasteiger partial charge in [0.1, 0.15) is 10.4 Å². The maximum atomic E-state index is 13.8. The van der Waals surface area contributed by atoms with Gasteiger partial charge in [-0.3, -0.25) is 14.7 Å². The lowest BCUT2D eigenvalue weighted by molar-refractivity contribution is -0.106. The van der Waals surface area contributed by atoms with Gasteiger partial charge >= 0.3 is 0 Å². The average Bonchev–Trinajstić information content (AvgIpc) is 2.75. The summed E-state index contributed by atoms with van der Waals surface area (Å²) in [6.07, 6.45) is 3.98. The first-order chi connectivity index (χ1) is 14.2. The van der Waals surface area contributed by atoms with Gasteiger partial charge in [-0.2, -0.15) is 4.39 Å². The third-order valence-electron chi connectivity index (χ3n) is 4.34. The number of anilines is 3. The van der Waals surface area contributed by atoms with Crippen LogP contribution in [-0.4, -0.2) is 21.4 Å². The second kappa shape index (κ2) is 8.32. The molecule has 0 saturated heterocycles. The molecule has 0 atom stereocenters. The number of benzene rings is 1. The number of nitrogens with one attached hydrogen (secondary N) is 1. The molecular formula is C21H15BrFN5O. The molecule has 4 aromatic rings. The highest BCUT2D eigenvalue weighted by Gasteiger charge is 2.18. The molecule has 8 heteroatoms. The van der Waals surface area contributed by atoms with Crippen molar-refractivity contribution in [1.82, 2.24) is 15.0 Å². The largest absolute Gasteiger partial charge is 0.364 e. The van der Waals surface area contributed by atoms with Crippen molar-refractivity contribution in [2.75, 3.05) is 10.2 Å². The van der Waals surface area contributed by atoms with Crippen LogP contribution in [0.15, 0.2) is 71.6 Å². The van der Waals surface area contributed by atoms with Gasteiger partial charge in [0.25, 0.3) is 0 Å². The number of carbonyl (C=O) groups is 1. The molecule has 0 saturated carbocycles. The zero-order valence-corrected chi connectivity index (χ0v) is 16.7. The van der Waals surface area contributed by atoms with Gasteiger partial charge in [0.05, 0.1) is 5.69 Å². The van der Waals surface area contributed by atoms with Crippen LogP contribution in [0.3, 0.4) is 0 Å². The van der Waals surface area contributed by atoms with E-state index in [1.165, 1.54) is 17.0 Å². The van der Waals surface area contributed by atoms with E-state index in [-0.39, 0.29) is 5.82 Å². The van der Waals surface area contributed by atoms with E-state index in [2.05, 4.69) is 36.2 Å². The van der Waals surface area contributed by atoms with Crippen molar-refractivity contribution in [3.8, 4) is 0 Å². The van der Waals surface area contributed by atoms with E-state index >= 15 is 0 Å². The van der Waals surface area contributed by atoms with Crippen LogP contribution in [0, 0.1) is 5.95 Å². The van der Waals surface area contributed by atoms with E-state index in [0.29, 0.717) is 29.1 Å². The van der Waals surface area contributed by atoms with E-state index in [0.717, 1.165) is 16.3 Å². The van der Waals surface area contributed by atoms with Gasteiger partial charge in [0, 0.05) is 24.3 Å². The second-order valence-electron chi connectivity index (χ2n) is 6.18. The summed E-state index contributed by atoms with van der Waals surface area (Å²) in [6.45, 7) is 0.396. The molecule has 3 heterocycles. The molecule has 0 spiro atoms. The first-order valence-corrected chi connectivity index (χ1v) is 9.54. The monoisotopic (exact) mass is 451 g/mol. The average molecular weight is 452 g/mol. The van der Waals surface area contributed by atoms with Gasteiger partial charge in [-0.05, 0) is 57.2 Å². The fourth-order valence-corrected chi connectivity index (χ4v) is 3.48. The van der Waals surface area contributed by atoms with Crippen molar-refractivity contribution < 1.29 is 9.18 Å². The summed E-state index contributed by atoms with van der Waals surface area (Å²) in [6, 6.07) is 15.9. The number of pyridine rings is 3. The summed E-state index contributed by atoms with van der Waals surface area (Å²) in [4.78, 5) is 25.7. The van der Waals surface area contributed by atoms with Crippen molar-refractivity contribution in [1.29, 1.82) is 0 Å². The molecule has 3 aromatic heterocycles. The molecule has 0 aliphatic heterocycles. The number of halogens is 2. The minimum atomic E-state index is -0.649. The molecular weight excluding hydrogens is 437 g/mol. The van der Waals surface area contributed by atoms with Crippen LogP contribution in [0.2, 0.25) is 0 Å². The summed E-state index contributed by atoms with van der Waals surface area (Å²) in [5.41, 5.74) is 1.34. The minimum Gasteiger partial charge on any atom is -0.364 e. The van der Waals surface area contributed by atoms with Crippen molar-refractivity contribution in [3.63, 3.8) is 0 Å². The Bertz CT molecular complexity index is 1170. The SMILES string of the molecule is O=CN(c1cc2ccccc2c(Br)n1)c1ccc(F)nc1NCc1ccncc1. The van der Waals surface area contributed by atoms with Crippen molar-refractivity contribution in [2.45, 2.75) is 6.54 Å². The fraction of sp³-hybridized carbons (Fsp3) is 0.0476. The summed E-state index contributed by atoms with van der Waals surface area (Å²) < 4.78 is 14.4. The number of carbonyl (C=O) groups excluding carboxylic acids is 1. The number of fused-ring (bicyclic) bond motifs is 1. The number of hydrogen-bond acceptors (Lipinski definition) is 5. The molecule has 4 rings (SSSR count). The Kier molecular flexibility index (Phi) is 5.44. The normalized spacial score (nSPS) is 10.7. The third-order valence-corrected chi connectivity index (χ3v) is 4.95. The third kappa shape index (κ3) is 4.07. The van der Waals surface area contributed by atoms with Crippen LogP contribution in [0.1, 0.15) is 5.56 Å². The second-order valence-corrected chi connectivity index (χ2v) is 6.93. The maximum Gasteiger partial charge on any atom is 0.220 e. The lowest BCUT2D eigenvalue weighted by Gasteiger charge is -2.20. The van der Waals surface area contributed by atoms with E-state index in [1.807, 2.05) is 36.4 Å². The first kappa shape index (κ1) is 18.9. The molecule has 1 amide bonds. The van der Waals surface area contributed by atoms with Gasteiger partial charge in [-0.25, -0.2) is 9.97 Å². The van der Waals surface area contributed by atoms with E-state index in [1.54, 1.807) is 18.5 Å². The lowest BCUT2D eigenvalue weighted by atomic mass is 10.2. The molecule has 6 nitrogen and oxygen atoms in total. The van der Waals surface area contributed by atoms with Crippen LogP contribution >= 0.6 is 15.9 Å². The number of rotatable bonds is 6. The first-order valence-electron chi connectivity index (χ1n) is 8.75. The van der Waals surface area contributed by atoms with E-state index in [4.69, 9.17) is 0 Å². The topological polar surface area (TPSA) is 71.0 Å². The van der Waals surface area contributed by atoms with Crippen molar-refractivity contribution >= 4 is 50.4 Å². The molecule has 29 heavy (non-hydrogen) atoms. The highest BCUT2D eigenvalue weighted by molar-refractivity contribution is 9.10. The van der Waals surface area contributed by atoms with E-state index < -0.39 is 5.95 Å². The Morgan fingerprint density at radius 1 is 1.07 bits per heavy atom. The Morgan fingerprint density at radius 3 is 2.66 bits per heavy atom. The number of aromatic nitrogens is 3. The zero-order chi connectivity index (χ0) is 20.2. The zero-order valence-electron chi connectivity index (χ0n) is 15.1. The highest BCUT2D eigenvalue weighted by atomic mass is 79.9. The summed E-state index contributed by atoms with van der Waals surface area (Å²) in [5.74, 6) is -0.0181. The molecule has 0 bridgehead atoms. The van der Waals surface area contributed by atoms with Crippen molar-refractivity contribution in [2.24, 2.45) is 0 Å².